The minimum absolute atomic E-state index is 0.127. The molecule has 8 heteroatoms. The Bertz CT molecular complexity index is 369. The maximum atomic E-state index is 10.9. The Morgan fingerprint density at radius 2 is 1.64 bits per heavy atom. The van der Waals surface area contributed by atoms with Crippen LogP contribution in [0.15, 0.2) is 0 Å². The highest BCUT2D eigenvalue weighted by Crippen LogP contribution is 2.19. The zero-order valence-corrected chi connectivity index (χ0v) is 14.2. The molecule has 0 amide bonds. The van der Waals surface area contributed by atoms with Crippen LogP contribution in [-0.4, -0.2) is 53.2 Å². The summed E-state index contributed by atoms with van der Waals surface area (Å²) in [6.45, 7) is 3.88. The Balaban J connectivity index is 4.33. The average Bonchev–Trinajstić information content (AvgIpc) is 2.37. The Morgan fingerprint density at radius 1 is 1.00 bits per heavy atom. The number of hydrogen-bond acceptors (Lipinski definition) is 6. The lowest BCUT2D eigenvalue weighted by Crippen LogP contribution is -2.33. The minimum Gasteiger partial charge on any atom is -0.396 e. The van der Waals surface area contributed by atoms with Crippen molar-refractivity contribution in [2.75, 3.05) is 6.61 Å². The normalized spacial score (nSPS) is 16.7. The smallest absolute Gasteiger partial charge is 0.396 e. The third-order valence-corrected chi connectivity index (χ3v) is 3.86. The first-order valence-electron chi connectivity index (χ1n) is 7.78. The highest BCUT2D eigenvalue weighted by molar-refractivity contribution is 7.80. The van der Waals surface area contributed by atoms with E-state index in [-0.39, 0.29) is 25.4 Å². The topological polar surface area (TPSA) is 124 Å². The summed E-state index contributed by atoms with van der Waals surface area (Å²) in [6.07, 6.45) is 0.836. The van der Waals surface area contributed by atoms with Crippen LogP contribution in [0.25, 0.3) is 0 Å². The van der Waals surface area contributed by atoms with Gasteiger partial charge in [-0.15, -0.1) is 0 Å². The van der Waals surface area contributed by atoms with E-state index in [9.17, 15) is 18.6 Å². The second-order valence-electron chi connectivity index (χ2n) is 6.06. The maximum Gasteiger partial charge on any atom is 0.397 e. The molecule has 22 heavy (non-hydrogen) atoms. The molecule has 0 fully saturated rings. The van der Waals surface area contributed by atoms with Crippen molar-refractivity contribution < 1.29 is 32.5 Å². The number of aliphatic hydroxyl groups is 3. The van der Waals surface area contributed by atoms with Crippen LogP contribution in [-0.2, 0) is 14.6 Å². The SMILES string of the molecule is CC(C)CC(O)C(CCC(O)CCCCCO)OS(=O)(=O)O. The fourth-order valence-corrected chi connectivity index (χ4v) is 2.80. The molecule has 0 spiro atoms. The molecule has 0 bridgehead atoms. The molecular weight excluding hydrogens is 312 g/mol. The van der Waals surface area contributed by atoms with Gasteiger partial charge in [0.05, 0.1) is 12.2 Å². The minimum atomic E-state index is -4.65. The van der Waals surface area contributed by atoms with Gasteiger partial charge in [0, 0.05) is 6.61 Å². The van der Waals surface area contributed by atoms with E-state index in [0.717, 1.165) is 12.8 Å². The van der Waals surface area contributed by atoms with Gasteiger partial charge in [0.1, 0.15) is 6.10 Å². The van der Waals surface area contributed by atoms with Crippen LogP contribution < -0.4 is 0 Å². The van der Waals surface area contributed by atoms with Gasteiger partial charge in [-0.25, -0.2) is 4.18 Å². The Labute approximate surface area is 133 Å². The first-order chi connectivity index (χ1) is 10.2. The molecule has 0 aliphatic heterocycles. The highest BCUT2D eigenvalue weighted by atomic mass is 32.3. The predicted molar refractivity (Wildman–Crippen MR) is 82.7 cm³/mol. The lowest BCUT2D eigenvalue weighted by Gasteiger charge is -2.23. The predicted octanol–water partition coefficient (Wildman–Crippen LogP) is 1.28. The van der Waals surface area contributed by atoms with Crippen LogP contribution in [0.4, 0.5) is 0 Å². The fourth-order valence-electron chi connectivity index (χ4n) is 2.27. The zero-order valence-electron chi connectivity index (χ0n) is 13.4. The molecule has 4 N–H and O–H groups in total. The van der Waals surface area contributed by atoms with Crippen LogP contribution in [0, 0.1) is 5.92 Å². The van der Waals surface area contributed by atoms with Crippen molar-refractivity contribution in [3.8, 4) is 0 Å². The molecule has 0 saturated heterocycles. The second-order valence-corrected chi connectivity index (χ2v) is 7.11. The van der Waals surface area contributed by atoms with Crippen LogP contribution in [0.1, 0.15) is 58.8 Å². The van der Waals surface area contributed by atoms with Gasteiger partial charge in [0.15, 0.2) is 0 Å². The third kappa shape index (κ3) is 12.3. The van der Waals surface area contributed by atoms with E-state index >= 15 is 0 Å². The molecule has 0 aromatic carbocycles. The van der Waals surface area contributed by atoms with Gasteiger partial charge in [-0.2, -0.15) is 8.42 Å². The summed E-state index contributed by atoms with van der Waals surface area (Å²) in [5, 5.41) is 28.5. The fraction of sp³-hybridized carbons (Fsp3) is 1.00. The van der Waals surface area contributed by atoms with Crippen molar-refractivity contribution in [3.05, 3.63) is 0 Å². The van der Waals surface area contributed by atoms with E-state index in [4.69, 9.17) is 9.66 Å². The first kappa shape index (κ1) is 21.8. The van der Waals surface area contributed by atoms with Crippen molar-refractivity contribution >= 4 is 10.4 Å². The summed E-state index contributed by atoms with van der Waals surface area (Å²) in [6, 6.07) is 0. The average molecular weight is 342 g/mol. The van der Waals surface area contributed by atoms with Crippen molar-refractivity contribution in [2.24, 2.45) is 5.92 Å². The molecular formula is C14H30O7S. The van der Waals surface area contributed by atoms with Gasteiger partial charge in [0.2, 0.25) is 0 Å². The molecule has 0 aliphatic rings. The van der Waals surface area contributed by atoms with E-state index in [1.807, 2.05) is 13.8 Å². The summed E-state index contributed by atoms with van der Waals surface area (Å²) in [4.78, 5) is 0. The van der Waals surface area contributed by atoms with E-state index in [2.05, 4.69) is 4.18 Å². The van der Waals surface area contributed by atoms with Crippen molar-refractivity contribution in [2.45, 2.75) is 77.1 Å². The monoisotopic (exact) mass is 342 g/mol. The molecule has 0 aromatic heterocycles. The number of hydrogen-bond donors (Lipinski definition) is 4. The van der Waals surface area contributed by atoms with Crippen molar-refractivity contribution in [1.82, 2.24) is 0 Å². The van der Waals surface area contributed by atoms with Gasteiger partial charge in [0.25, 0.3) is 0 Å². The lowest BCUT2D eigenvalue weighted by molar-refractivity contribution is 0.00714. The van der Waals surface area contributed by atoms with Gasteiger partial charge >= 0.3 is 10.4 Å². The van der Waals surface area contributed by atoms with Gasteiger partial charge in [-0.3, -0.25) is 4.55 Å². The molecule has 0 aliphatic carbocycles. The summed E-state index contributed by atoms with van der Waals surface area (Å²) in [5.74, 6) is 0.144. The number of rotatable bonds is 13. The Kier molecular flexibility index (Phi) is 11.2. The van der Waals surface area contributed by atoms with Gasteiger partial charge in [-0.1, -0.05) is 26.7 Å². The van der Waals surface area contributed by atoms with E-state index in [1.165, 1.54) is 0 Å². The molecule has 0 aromatic rings. The highest BCUT2D eigenvalue weighted by Gasteiger charge is 2.26. The quantitative estimate of drug-likeness (QED) is 0.293. The molecule has 3 atom stereocenters. The van der Waals surface area contributed by atoms with E-state index in [1.54, 1.807) is 0 Å². The Morgan fingerprint density at radius 3 is 2.14 bits per heavy atom. The summed E-state index contributed by atoms with van der Waals surface area (Å²) < 4.78 is 35.0. The molecule has 0 radical (unpaired) electrons. The van der Waals surface area contributed by atoms with Crippen LogP contribution in [0.5, 0.6) is 0 Å². The first-order valence-corrected chi connectivity index (χ1v) is 9.15. The molecule has 0 heterocycles. The van der Waals surface area contributed by atoms with Crippen molar-refractivity contribution in [1.29, 1.82) is 0 Å². The second kappa shape index (κ2) is 11.3. The molecule has 3 unspecified atom stereocenters. The van der Waals surface area contributed by atoms with Crippen LogP contribution >= 0.6 is 0 Å². The maximum absolute atomic E-state index is 10.9. The number of aliphatic hydroxyl groups excluding tert-OH is 3. The summed E-state index contributed by atoms with van der Waals surface area (Å²) >= 11 is 0. The van der Waals surface area contributed by atoms with E-state index in [0.29, 0.717) is 19.3 Å². The Hall–Kier alpha value is -0.250. The summed E-state index contributed by atoms with van der Waals surface area (Å²) in [7, 11) is -4.65. The van der Waals surface area contributed by atoms with Crippen LogP contribution in [0.2, 0.25) is 0 Å². The van der Waals surface area contributed by atoms with Gasteiger partial charge < -0.3 is 15.3 Å². The zero-order chi connectivity index (χ0) is 17.2. The van der Waals surface area contributed by atoms with Gasteiger partial charge in [-0.05, 0) is 38.0 Å². The largest absolute Gasteiger partial charge is 0.397 e. The van der Waals surface area contributed by atoms with E-state index < -0.39 is 28.7 Å². The molecule has 7 nitrogen and oxygen atoms in total. The standard InChI is InChI=1S/C14H30O7S/c1-11(2)10-13(17)14(21-22(18,19)20)8-7-12(16)6-4-3-5-9-15/h11-17H,3-10H2,1-2H3,(H,18,19,20). The van der Waals surface area contributed by atoms with Crippen LogP contribution in [0.3, 0.4) is 0 Å². The third-order valence-electron chi connectivity index (χ3n) is 3.37. The molecule has 0 rings (SSSR count). The molecule has 134 valence electrons. The number of unbranched alkanes of at least 4 members (excludes halogenated alkanes) is 2. The molecule has 0 saturated carbocycles. The van der Waals surface area contributed by atoms with Crippen molar-refractivity contribution in [3.63, 3.8) is 0 Å². The lowest BCUT2D eigenvalue weighted by atomic mass is 9.97. The summed E-state index contributed by atoms with van der Waals surface area (Å²) in [5.41, 5.74) is 0.